The standard InChI is InChI=1S/C29H50O/c1-6-22(21(3)19-30)11-10-20(2)25-14-15-26-24-13-12-23-9-7-8-17-28(23,4)27(24)16-18-29(25,26)5/h10-11,20-27,30H,6-9,12-19H2,1-5H3/t20-,21?,22?,23?,24+,25-,26+,27+,28+,29-/m1/s1. The Labute approximate surface area is 187 Å². The summed E-state index contributed by atoms with van der Waals surface area (Å²) in [5.41, 5.74) is 1.23. The first-order chi connectivity index (χ1) is 14.3. The second kappa shape index (κ2) is 8.92. The molecule has 30 heavy (non-hydrogen) atoms. The van der Waals surface area contributed by atoms with E-state index in [1.165, 1.54) is 64.2 Å². The molecule has 3 unspecified atom stereocenters. The molecule has 172 valence electrons. The van der Waals surface area contributed by atoms with Crippen molar-refractivity contribution in [2.24, 2.45) is 58.2 Å². The molecule has 4 rings (SSSR count). The molecule has 10 atom stereocenters. The zero-order chi connectivity index (χ0) is 21.5. The van der Waals surface area contributed by atoms with Crippen LogP contribution in [0.5, 0.6) is 0 Å². The topological polar surface area (TPSA) is 20.2 Å². The maximum atomic E-state index is 9.59. The Bertz CT molecular complexity index is 609. The Morgan fingerprint density at radius 1 is 0.867 bits per heavy atom. The predicted molar refractivity (Wildman–Crippen MR) is 128 cm³/mol. The van der Waals surface area contributed by atoms with E-state index in [2.05, 4.69) is 46.8 Å². The van der Waals surface area contributed by atoms with Gasteiger partial charge in [0.15, 0.2) is 0 Å². The van der Waals surface area contributed by atoms with Crippen molar-refractivity contribution in [2.45, 2.75) is 105 Å². The zero-order valence-corrected chi connectivity index (χ0v) is 20.7. The van der Waals surface area contributed by atoms with Crippen LogP contribution in [-0.2, 0) is 0 Å². The highest BCUT2D eigenvalue weighted by Crippen LogP contribution is 2.68. The van der Waals surface area contributed by atoms with E-state index >= 15 is 0 Å². The molecule has 1 nitrogen and oxygen atoms in total. The van der Waals surface area contributed by atoms with Gasteiger partial charge in [-0.15, -0.1) is 0 Å². The Morgan fingerprint density at radius 3 is 2.37 bits per heavy atom. The van der Waals surface area contributed by atoms with E-state index in [4.69, 9.17) is 0 Å². The van der Waals surface area contributed by atoms with Crippen LogP contribution < -0.4 is 0 Å². The summed E-state index contributed by atoms with van der Waals surface area (Å²) in [6, 6.07) is 0. The summed E-state index contributed by atoms with van der Waals surface area (Å²) in [5, 5.41) is 9.59. The van der Waals surface area contributed by atoms with Gasteiger partial charge in [0.2, 0.25) is 0 Å². The highest BCUT2D eigenvalue weighted by molar-refractivity contribution is 5.11. The minimum absolute atomic E-state index is 0.309. The minimum Gasteiger partial charge on any atom is -0.396 e. The molecule has 1 heteroatoms. The van der Waals surface area contributed by atoms with Gasteiger partial charge in [-0.05, 0) is 116 Å². The maximum Gasteiger partial charge on any atom is 0.0462 e. The molecule has 1 N–H and O–H groups in total. The van der Waals surface area contributed by atoms with Crippen LogP contribution in [0.15, 0.2) is 12.2 Å². The van der Waals surface area contributed by atoms with E-state index < -0.39 is 0 Å². The summed E-state index contributed by atoms with van der Waals surface area (Å²) >= 11 is 0. The molecule has 0 amide bonds. The van der Waals surface area contributed by atoms with Gasteiger partial charge in [-0.1, -0.05) is 59.6 Å². The number of allylic oxidation sites excluding steroid dienone is 2. The van der Waals surface area contributed by atoms with E-state index in [9.17, 15) is 5.11 Å². The molecule has 0 bridgehead atoms. The third-order valence-corrected chi connectivity index (χ3v) is 11.4. The number of aliphatic hydroxyl groups excluding tert-OH is 1. The molecule has 4 saturated carbocycles. The molecule has 0 heterocycles. The van der Waals surface area contributed by atoms with Crippen molar-refractivity contribution in [3.63, 3.8) is 0 Å². The summed E-state index contributed by atoms with van der Waals surface area (Å²) < 4.78 is 0. The highest BCUT2D eigenvalue weighted by atomic mass is 16.3. The first kappa shape index (κ1) is 22.9. The van der Waals surface area contributed by atoms with Crippen LogP contribution in [0.25, 0.3) is 0 Å². The lowest BCUT2D eigenvalue weighted by Gasteiger charge is -2.60. The molecule has 0 aliphatic heterocycles. The number of rotatable bonds is 6. The van der Waals surface area contributed by atoms with Crippen molar-refractivity contribution in [1.82, 2.24) is 0 Å². The second-order valence-electron chi connectivity index (χ2n) is 12.6. The van der Waals surface area contributed by atoms with Crippen molar-refractivity contribution in [3.8, 4) is 0 Å². The normalized spacial score (nSPS) is 46.7. The Balaban J connectivity index is 1.48. The van der Waals surface area contributed by atoms with Crippen LogP contribution in [-0.4, -0.2) is 11.7 Å². The number of aliphatic hydroxyl groups is 1. The van der Waals surface area contributed by atoms with Gasteiger partial charge in [0, 0.05) is 6.61 Å². The number of fused-ring (bicyclic) bond motifs is 5. The highest BCUT2D eigenvalue weighted by Gasteiger charge is 2.59. The fraction of sp³-hybridized carbons (Fsp3) is 0.931. The van der Waals surface area contributed by atoms with Crippen molar-refractivity contribution in [3.05, 3.63) is 12.2 Å². The molecule has 0 radical (unpaired) electrons. The zero-order valence-electron chi connectivity index (χ0n) is 20.7. The van der Waals surface area contributed by atoms with Crippen LogP contribution >= 0.6 is 0 Å². The number of hydrogen-bond acceptors (Lipinski definition) is 1. The quantitative estimate of drug-likeness (QED) is 0.438. The molecule has 4 fully saturated rings. The first-order valence-electron chi connectivity index (χ1n) is 13.6. The minimum atomic E-state index is 0.309. The van der Waals surface area contributed by atoms with E-state index in [0.29, 0.717) is 35.2 Å². The number of hydrogen-bond donors (Lipinski definition) is 1. The lowest BCUT2D eigenvalue weighted by molar-refractivity contribution is -0.112. The van der Waals surface area contributed by atoms with E-state index in [1.807, 2.05) is 0 Å². The maximum absolute atomic E-state index is 9.59. The third-order valence-electron chi connectivity index (χ3n) is 11.4. The van der Waals surface area contributed by atoms with Crippen molar-refractivity contribution in [2.75, 3.05) is 6.61 Å². The van der Waals surface area contributed by atoms with E-state index in [0.717, 1.165) is 36.0 Å². The van der Waals surface area contributed by atoms with Gasteiger partial charge in [-0.3, -0.25) is 0 Å². The van der Waals surface area contributed by atoms with Gasteiger partial charge in [0.05, 0.1) is 0 Å². The molecule has 4 aliphatic rings. The smallest absolute Gasteiger partial charge is 0.0462 e. The lowest BCUT2D eigenvalue weighted by Crippen LogP contribution is -2.53. The fourth-order valence-electron chi connectivity index (χ4n) is 9.52. The van der Waals surface area contributed by atoms with Crippen LogP contribution in [0.3, 0.4) is 0 Å². The summed E-state index contributed by atoms with van der Waals surface area (Å²) in [7, 11) is 0. The SMILES string of the molecule is CCC(C=C[C@@H](C)[C@H]1CC[C@H]2[C@@H]3CCC4CCCC[C@]4(C)[C@H]3CC[C@]12C)C(C)CO. The second-order valence-corrected chi connectivity index (χ2v) is 12.6. The van der Waals surface area contributed by atoms with Gasteiger partial charge >= 0.3 is 0 Å². The summed E-state index contributed by atoms with van der Waals surface area (Å²) in [5.74, 6) is 6.50. The average molecular weight is 415 g/mol. The van der Waals surface area contributed by atoms with Crippen LogP contribution in [0.4, 0.5) is 0 Å². The van der Waals surface area contributed by atoms with Crippen LogP contribution in [0, 0.1) is 58.2 Å². The Morgan fingerprint density at radius 2 is 1.63 bits per heavy atom. The van der Waals surface area contributed by atoms with Crippen LogP contribution in [0.1, 0.15) is 105 Å². The largest absolute Gasteiger partial charge is 0.396 e. The molecule has 0 aromatic rings. The van der Waals surface area contributed by atoms with Gasteiger partial charge in [0.1, 0.15) is 0 Å². The third kappa shape index (κ3) is 3.74. The fourth-order valence-corrected chi connectivity index (χ4v) is 9.52. The van der Waals surface area contributed by atoms with Crippen molar-refractivity contribution < 1.29 is 5.11 Å². The molecule has 0 aromatic heterocycles. The van der Waals surface area contributed by atoms with Crippen molar-refractivity contribution in [1.29, 1.82) is 0 Å². The molecular weight excluding hydrogens is 364 g/mol. The summed E-state index contributed by atoms with van der Waals surface area (Å²) in [6.45, 7) is 12.7. The van der Waals surface area contributed by atoms with Crippen LogP contribution in [0.2, 0.25) is 0 Å². The summed E-state index contributed by atoms with van der Waals surface area (Å²) in [6.07, 6.45) is 21.2. The van der Waals surface area contributed by atoms with Gasteiger partial charge in [-0.2, -0.15) is 0 Å². The molecular formula is C29H50O. The average Bonchev–Trinajstić information content (AvgIpc) is 3.10. The molecule has 4 aliphatic carbocycles. The van der Waals surface area contributed by atoms with Gasteiger partial charge < -0.3 is 5.11 Å². The van der Waals surface area contributed by atoms with Gasteiger partial charge in [0.25, 0.3) is 0 Å². The summed E-state index contributed by atoms with van der Waals surface area (Å²) in [4.78, 5) is 0. The Hall–Kier alpha value is -0.300. The van der Waals surface area contributed by atoms with Gasteiger partial charge in [-0.25, -0.2) is 0 Å². The lowest BCUT2D eigenvalue weighted by atomic mass is 9.44. The first-order valence-corrected chi connectivity index (χ1v) is 13.6. The van der Waals surface area contributed by atoms with E-state index in [-0.39, 0.29) is 0 Å². The molecule has 0 spiro atoms. The van der Waals surface area contributed by atoms with E-state index in [1.54, 1.807) is 0 Å². The van der Waals surface area contributed by atoms with Crippen molar-refractivity contribution >= 4 is 0 Å². The molecule has 0 aromatic carbocycles. The predicted octanol–water partition coefficient (Wildman–Crippen LogP) is 7.88. The monoisotopic (exact) mass is 414 g/mol. The Kier molecular flexibility index (Phi) is 6.80. The molecule has 0 saturated heterocycles.